The second-order valence-electron chi connectivity index (χ2n) is 4.18. The minimum absolute atomic E-state index is 0.0348. The Labute approximate surface area is 113 Å². The zero-order valence-corrected chi connectivity index (χ0v) is 12.2. The van der Waals surface area contributed by atoms with E-state index in [0.29, 0.717) is 19.3 Å². The summed E-state index contributed by atoms with van der Waals surface area (Å²) in [4.78, 5) is 0.202. The van der Waals surface area contributed by atoms with Gasteiger partial charge in [0.25, 0.3) is 0 Å². The Kier molecular flexibility index (Phi) is 5.09. The Morgan fingerprint density at radius 1 is 1.00 bits per heavy atom. The first-order chi connectivity index (χ1) is 8.77. The number of benzene rings is 1. The smallest absolute Gasteiger partial charge is 0.178 e. The van der Waals surface area contributed by atoms with Gasteiger partial charge in [0.2, 0.25) is 0 Å². The van der Waals surface area contributed by atoms with Crippen LogP contribution in [0.3, 0.4) is 0 Å². The number of sulfone groups is 2. The first kappa shape index (κ1) is 15.7. The third-order valence-electron chi connectivity index (χ3n) is 2.56. The largest absolute Gasteiger partial charge is 0.224 e. The van der Waals surface area contributed by atoms with Crippen molar-refractivity contribution < 1.29 is 16.8 Å². The maximum atomic E-state index is 11.9. The van der Waals surface area contributed by atoms with Crippen molar-refractivity contribution in [3.8, 4) is 6.07 Å². The van der Waals surface area contributed by atoms with Gasteiger partial charge in [-0.1, -0.05) is 0 Å². The molecule has 0 saturated carbocycles. The maximum Gasteiger partial charge on any atom is 0.178 e. The highest BCUT2D eigenvalue weighted by atomic mass is 32.2. The van der Waals surface area contributed by atoms with E-state index in [1.807, 2.05) is 6.07 Å². The molecule has 104 valence electrons. The molecule has 0 atom stereocenters. The van der Waals surface area contributed by atoms with E-state index in [9.17, 15) is 16.8 Å². The van der Waals surface area contributed by atoms with Crippen LogP contribution in [0.4, 0.5) is 0 Å². The molecule has 0 radical (unpaired) electrons. The van der Waals surface area contributed by atoms with Gasteiger partial charge in [-0.2, -0.15) is 5.26 Å². The van der Waals surface area contributed by atoms with E-state index in [0.717, 1.165) is 6.26 Å². The van der Waals surface area contributed by atoms with Crippen LogP contribution < -0.4 is 0 Å². The summed E-state index contributed by atoms with van der Waals surface area (Å²) in [5.74, 6) is -0.0348. The van der Waals surface area contributed by atoms with Crippen molar-refractivity contribution in [3.63, 3.8) is 0 Å². The molecule has 1 aromatic carbocycles. The Balaban J connectivity index is 2.83. The van der Waals surface area contributed by atoms with Gasteiger partial charge in [0, 0.05) is 12.7 Å². The van der Waals surface area contributed by atoms with Crippen molar-refractivity contribution in [1.29, 1.82) is 5.26 Å². The molecule has 0 unspecified atom stereocenters. The van der Waals surface area contributed by atoms with Gasteiger partial charge in [-0.25, -0.2) is 16.8 Å². The highest BCUT2D eigenvalue weighted by Crippen LogP contribution is 2.16. The third kappa shape index (κ3) is 4.65. The van der Waals surface area contributed by atoms with E-state index in [-0.39, 0.29) is 15.5 Å². The summed E-state index contributed by atoms with van der Waals surface area (Å²) in [5.41, 5.74) is 0. The SMILES string of the molecule is CS(=O)(=O)c1ccc(S(=O)(=O)CCCCC#N)cc1. The predicted octanol–water partition coefficient (Wildman–Crippen LogP) is 1.56. The van der Waals surface area contributed by atoms with E-state index in [4.69, 9.17) is 5.26 Å². The Morgan fingerprint density at radius 2 is 1.53 bits per heavy atom. The van der Waals surface area contributed by atoms with E-state index in [1.54, 1.807) is 0 Å². The average Bonchev–Trinajstić information content (AvgIpc) is 2.34. The third-order valence-corrected chi connectivity index (χ3v) is 5.51. The molecule has 0 amide bonds. The Bertz CT molecular complexity index is 667. The minimum Gasteiger partial charge on any atom is -0.224 e. The maximum absolute atomic E-state index is 11.9. The first-order valence-corrected chi connectivity index (χ1v) is 9.21. The molecule has 0 aliphatic rings. The standard InChI is InChI=1S/C12H15NO4S2/c1-18(14,15)11-5-7-12(8-6-11)19(16,17)10-4-2-3-9-13/h5-8H,2-4,10H2,1H3. The normalized spacial score (nSPS) is 12.0. The Morgan fingerprint density at radius 3 is 2.00 bits per heavy atom. The molecule has 7 heteroatoms. The van der Waals surface area contributed by atoms with Crippen LogP contribution in [-0.4, -0.2) is 28.8 Å². The molecule has 0 heterocycles. The van der Waals surface area contributed by atoms with Crippen molar-refractivity contribution in [3.05, 3.63) is 24.3 Å². The van der Waals surface area contributed by atoms with E-state index in [1.165, 1.54) is 24.3 Å². The van der Waals surface area contributed by atoms with Crippen molar-refractivity contribution in [2.45, 2.75) is 29.1 Å². The molecule has 1 rings (SSSR count). The predicted molar refractivity (Wildman–Crippen MR) is 71.1 cm³/mol. The molecule has 1 aromatic rings. The minimum atomic E-state index is -3.41. The van der Waals surface area contributed by atoms with Crippen molar-refractivity contribution in [2.75, 3.05) is 12.0 Å². The van der Waals surface area contributed by atoms with Crippen LogP contribution in [0.2, 0.25) is 0 Å². The van der Waals surface area contributed by atoms with Gasteiger partial charge in [-0.05, 0) is 37.1 Å². The van der Waals surface area contributed by atoms with Gasteiger partial charge < -0.3 is 0 Å². The van der Waals surface area contributed by atoms with Gasteiger partial charge in [0.05, 0.1) is 21.6 Å². The van der Waals surface area contributed by atoms with Crippen LogP contribution in [0, 0.1) is 11.3 Å². The number of nitriles is 1. The lowest BCUT2D eigenvalue weighted by molar-refractivity contribution is 0.590. The molecule has 0 spiro atoms. The van der Waals surface area contributed by atoms with Crippen LogP contribution in [0.5, 0.6) is 0 Å². The lowest BCUT2D eigenvalue weighted by atomic mass is 10.3. The number of rotatable bonds is 6. The highest BCUT2D eigenvalue weighted by Gasteiger charge is 2.15. The van der Waals surface area contributed by atoms with Gasteiger partial charge in [0.15, 0.2) is 19.7 Å². The molecule has 19 heavy (non-hydrogen) atoms. The fourth-order valence-corrected chi connectivity index (χ4v) is 3.51. The fourth-order valence-electron chi connectivity index (χ4n) is 1.51. The zero-order chi connectivity index (χ0) is 14.5. The monoisotopic (exact) mass is 301 g/mol. The summed E-state index contributed by atoms with van der Waals surface area (Å²) >= 11 is 0. The van der Waals surface area contributed by atoms with Gasteiger partial charge in [0.1, 0.15) is 0 Å². The highest BCUT2D eigenvalue weighted by molar-refractivity contribution is 7.91. The molecule has 0 aliphatic carbocycles. The van der Waals surface area contributed by atoms with E-state index >= 15 is 0 Å². The summed E-state index contributed by atoms with van der Waals surface area (Å²) in [6, 6.07) is 7.14. The molecular formula is C12H15NO4S2. The van der Waals surface area contributed by atoms with Gasteiger partial charge >= 0.3 is 0 Å². The summed E-state index contributed by atoms with van der Waals surface area (Å²) in [7, 11) is -6.73. The molecule has 0 aromatic heterocycles. The van der Waals surface area contributed by atoms with Crippen molar-refractivity contribution in [1.82, 2.24) is 0 Å². The van der Waals surface area contributed by atoms with Crippen LogP contribution in [0.15, 0.2) is 34.1 Å². The summed E-state index contributed by atoms with van der Waals surface area (Å²) in [5, 5.41) is 8.36. The van der Waals surface area contributed by atoms with E-state index < -0.39 is 19.7 Å². The number of hydrogen-bond acceptors (Lipinski definition) is 5. The molecule has 0 bridgehead atoms. The number of hydrogen-bond donors (Lipinski definition) is 0. The summed E-state index contributed by atoms with van der Waals surface area (Å²) < 4.78 is 46.4. The van der Waals surface area contributed by atoms with Gasteiger partial charge in [-0.3, -0.25) is 0 Å². The molecule has 0 N–H and O–H groups in total. The van der Waals surface area contributed by atoms with Crippen LogP contribution in [0.1, 0.15) is 19.3 Å². The van der Waals surface area contributed by atoms with Crippen LogP contribution in [-0.2, 0) is 19.7 Å². The fraction of sp³-hybridized carbons (Fsp3) is 0.417. The second kappa shape index (κ2) is 6.17. The molecule has 5 nitrogen and oxygen atoms in total. The van der Waals surface area contributed by atoms with Gasteiger partial charge in [-0.15, -0.1) is 0 Å². The zero-order valence-electron chi connectivity index (χ0n) is 10.5. The van der Waals surface area contributed by atoms with Crippen molar-refractivity contribution in [2.24, 2.45) is 0 Å². The molecule has 0 saturated heterocycles. The lowest BCUT2D eigenvalue weighted by Crippen LogP contribution is -2.07. The number of nitrogens with zero attached hydrogens (tertiary/aromatic N) is 1. The van der Waals surface area contributed by atoms with Crippen molar-refractivity contribution >= 4 is 19.7 Å². The summed E-state index contributed by atoms with van der Waals surface area (Å²) in [6.45, 7) is 0. The Hall–Kier alpha value is -1.39. The van der Waals surface area contributed by atoms with Crippen LogP contribution in [0.25, 0.3) is 0 Å². The molecule has 0 aliphatic heterocycles. The number of unbranched alkanes of at least 4 members (excludes halogenated alkanes) is 2. The second-order valence-corrected chi connectivity index (χ2v) is 8.30. The topological polar surface area (TPSA) is 92.1 Å². The average molecular weight is 301 g/mol. The quantitative estimate of drug-likeness (QED) is 0.743. The lowest BCUT2D eigenvalue weighted by Gasteiger charge is -2.04. The van der Waals surface area contributed by atoms with Crippen LogP contribution >= 0.6 is 0 Å². The first-order valence-electron chi connectivity index (χ1n) is 5.67. The molecule has 0 fully saturated rings. The van der Waals surface area contributed by atoms with E-state index in [2.05, 4.69) is 0 Å². The molecular weight excluding hydrogens is 286 g/mol. The summed E-state index contributed by atoms with van der Waals surface area (Å²) in [6.07, 6.45) is 2.36.